The SMILES string of the molecule is Cc1ccc(Nc2nc3c(cc2C(=O)N/N=C/c2ccc([N+](=O)[O-])o2)CCC3)cc1. The minimum atomic E-state index is -0.644. The van der Waals surface area contributed by atoms with Gasteiger partial charge in [-0.15, -0.1) is 0 Å². The minimum Gasteiger partial charge on any atom is -0.400 e. The molecule has 0 atom stereocenters. The van der Waals surface area contributed by atoms with Gasteiger partial charge in [-0.2, -0.15) is 5.10 Å². The molecule has 1 amide bonds. The second-order valence-corrected chi connectivity index (χ2v) is 6.97. The molecular formula is C21H19N5O4. The maximum Gasteiger partial charge on any atom is 0.433 e. The van der Waals surface area contributed by atoms with Gasteiger partial charge in [0, 0.05) is 11.4 Å². The minimum absolute atomic E-state index is 0.159. The van der Waals surface area contributed by atoms with Crippen LogP contribution in [0.3, 0.4) is 0 Å². The van der Waals surface area contributed by atoms with Crippen LogP contribution in [0.1, 0.15) is 39.4 Å². The van der Waals surface area contributed by atoms with Gasteiger partial charge in [0.1, 0.15) is 10.7 Å². The van der Waals surface area contributed by atoms with Gasteiger partial charge in [-0.05, 0) is 56.0 Å². The molecule has 0 saturated carbocycles. The Morgan fingerprint density at radius 3 is 2.77 bits per heavy atom. The topological polar surface area (TPSA) is 123 Å². The van der Waals surface area contributed by atoms with Crippen molar-refractivity contribution >= 4 is 29.5 Å². The number of nitrogens with zero attached hydrogens (tertiary/aromatic N) is 3. The molecule has 152 valence electrons. The molecule has 0 radical (unpaired) electrons. The molecule has 9 heteroatoms. The summed E-state index contributed by atoms with van der Waals surface area (Å²) in [6.07, 6.45) is 3.98. The van der Waals surface area contributed by atoms with Crippen molar-refractivity contribution in [1.82, 2.24) is 10.4 Å². The zero-order chi connectivity index (χ0) is 21.1. The molecule has 1 aliphatic carbocycles. The van der Waals surface area contributed by atoms with Crippen LogP contribution in [0, 0.1) is 17.0 Å². The van der Waals surface area contributed by atoms with Crippen LogP contribution in [0.15, 0.2) is 52.0 Å². The standard InChI is InChI=1S/C21H19N5O4/c1-13-5-7-15(8-6-13)23-20-17(11-14-3-2-4-18(14)24-20)21(27)25-22-12-16-9-10-19(30-16)26(28)29/h5-12H,2-4H2,1H3,(H,23,24)(H,25,27)/b22-12+. The fraction of sp³-hybridized carbons (Fsp3) is 0.190. The Balaban J connectivity index is 1.55. The molecule has 4 rings (SSSR count). The third-order valence-corrected chi connectivity index (χ3v) is 4.76. The third-order valence-electron chi connectivity index (χ3n) is 4.76. The summed E-state index contributed by atoms with van der Waals surface area (Å²) in [7, 11) is 0. The average Bonchev–Trinajstić information content (AvgIpc) is 3.38. The highest BCUT2D eigenvalue weighted by Gasteiger charge is 2.20. The number of nitrogens with one attached hydrogen (secondary N) is 2. The largest absolute Gasteiger partial charge is 0.433 e. The highest BCUT2D eigenvalue weighted by molar-refractivity contribution is 6.00. The van der Waals surface area contributed by atoms with E-state index in [1.807, 2.05) is 37.3 Å². The van der Waals surface area contributed by atoms with E-state index in [2.05, 4.69) is 20.8 Å². The van der Waals surface area contributed by atoms with E-state index >= 15 is 0 Å². The molecule has 3 aromatic rings. The summed E-state index contributed by atoms with van der Waals surface area (Å²) < 4.78 is 4.98. The number of pyridine rings is 1. The van der Waals surface area contributed by atoms with Gasteiger partial charge >= 0.3 is 5.88 Å². The molecule has 0 spiro atoms. The van der Waals surface area contributed by atoms with Crippen molar-refractivity contribution in [3.8, 4) is 0 Å². The van der Waals surface area contributed by atoms with E-state index in [-0.39, 0.29) is 5.76 Å². The Morgan fingerprint density at radius 1 is 1.23 bits per heavy atom. The van der Waals surface area contributed by atoms with Crippen LogP contribution in [0.5, 0.6) is 0 Å². The molecule has 0 fully saturated rings. The number of aryl methyl sites for hydroxylation is 3. The number of rotatable bonds is 6. The Labute approximate surface area is 172 Å². The van der Waals surface area contributed by atoms with Crippen molar-refractivity contribution in [3.05, 3.63) is 80.7 Å². The number of fused-ring (bicyclic) bond motifs is 1. The first-order chi connectivity index (χ1) is 14.5. The molecule has 0 aliphatic heterocycles. The summed E-state index contributed by atoms with van der Waals surface area (Å²) in [5.41, 5.74) is 6.81. The molecule has 0 saturated heterocycles. The first kappa shape index (κ1) is 19.3. The van der Waals surface area contributed by atoms with Gasteiger partial charge in [0.25, 0.3) is 5.91 Å². The first-order valence-corrected chi connectivity index (χ1v) is 9.44. The Hall–Kier alpha value is -4.01. The average molecular weight is 405 g/mol. The highest BCUT2D eigenvalue weighted by atomic mass is 16.6. The second kappa shape index (κ2) is 8.16. The van der Waals surface area contributed by atoms with Gasteiger partial charge in [0.15, 0.2) is 5.76 Å². The normalized spacial score (nSPS) is 12.7. The molecular weight excluding hydrogens is 386 g/mol. The number of aromatic nitrogens is 1. The van der Waals surface area contributed by atoms with E-state index in [1.165, 1.54) is 18.3 Å². The van der Waals surface area contributed by atoms with Crippen molar-refractivity contribution in [3.63, 3.8) is 0 Å². The van der Waals surface area contributed by atoms with E-state index in [0.717, 1.165) is 41.8 Å². The highest BCUT2D eigenvalue weighted by Crippen LogP contribution is 2.27. The zero-order valence-corrected chi connectivity index (χ0v) is 16.2. The summed E-state index contributed by atoms with van der Waals surface area (Å²) >= 11 is 0. The number of amides is 1. The quantitative estimate of drug-likeness (QED) is 0.364. The summed E-state index contributed by atoms with van der Waals surface area (Å²) in [6.45, 7) is 2.00. The number of hydrogen-bond donors (Lipinski definition) is 2. The van der Waals surface area contributed by atoms with Gasteiger partial charge < -0.3 is 9.73 Å². The first-order valence-electron chi connectivity index (χ1n) is 9.44. The molecule has 2 heterocycles. The monoisotopic (exact) mass is 405 g/mol. The van der Waals surface area contributed by atoms with E-state index in [1.54, 1.807) is 0 Å². The molecule has 9 nitrogen and oxygen atoms in total. The molecule has 2 N–H and O–H groups in total. The van der Waals surface area contributed by atoms with Crippen LogP contribution < -0.4 is 10.7 Å². The number of hydrazone groups is 1. The number of benzene rings is 1. The van der Waals surface area contributed by atoms with Crippen LogP contribution in [-0.2, 0) is 12.8 Å². The lowest BCUT2D eigenvalue weighted by Gasteiger charge is -2.13. The van der Waals surface area contributed by atoms with Crippen molar-refractivity contribution < 1.29 is 14.1 Å². The summed E-state index contributed by atoms with van der Waals surface area (Å²) in [6, 6.07) is 12.3. The lowest BCUT2D eigenvalue weighted by molar-refractivity contribution is -0.402. The zero-order valence-electron chi connectivity index (χ0n) is 16.2. The molecule has 1 aliphatic rings. The number of carbonyl (C=O) groups is 1. The fourth-order valence-electron chi connectivity index (χ4n) is 3.24. The number of furan rings is 1. The predicted octanol–water partition coefficient (Wildman–Crippen LogP) is 3.89. The molecule has 30 heavy (non-hydrogen) atoms. The van der Waals surface area contributed by atoms with Gasteiger partial charge in [-0.25, -0.2) is 10.4 Å². The van der Waals surface area contributed by atoms with Crippen molar-refractivity contribution in [2.75, 3.05) is 5.32 Å². The van der Waals surface area contributed by atoms with Gasteiger partial charge in [0.05, 0.1) is 17.8 Å². The van der Waals surface area contributed by atoms with Crippen molar-refractivity contribution in [2.45, 2.75) is 26.2 Å². The number of hydrogen-bond acceptors (Lipinski definition) is 7. The van der Waals surface area contributed by atoms with Gasteiger partial charge in [-0.3, -0.25) is 14.9 Å². The summed E-state index contributed by atoms with van der Waals surface area (Å²) in [4.78, 5) is 27.5. The van der Waals surface area contributed by atoms with E-state index in [9.17, 15) is 14.9 Å². The van der Waals surface area contributed by atoms with Crippen LogP contribution in [-0.4, -0.2) is 22.0 Å². The lowest BCUT2D eigenvalue weighted by atomic mass is 10.1. The summed E-state index contributed by atoms with van der Waals surface area (Å²) in [5, 5.41) is 17.7. The third kappa shape index (κ3) is 4.19. The second-order valence-electron chi connectivity index (χ2n) is 6.97. The molecule has 2 aromatic heterocycles. The lowest BCUT2D eigenvalue weighted by Crippen LogP contribution is -2.20. The number of nitro groups is 1. The Bertz CT molecular complexity index is 1130. The molecule has 1 aromatic carbocycles. The molecule has 0 unspecified atom stereocenters. The Morgan fingerprint density at radius 2 is 2.03 bits per heavy atom. The van der Waals surface area contributed by atoms with Crippen molar-refractivity contribution in [1.29, 1.82) is 0 Å². The number of anilines is 2. The fourth-order valence-corrected chi connectivity index (χ4v) is 3.24. The Kier molecular flexibility index (Phi) is 5.25. The van der Waals surface area contributed by atoms with E-state index in [0.29, 0.717) is 11.4 Å². The van der Waals surface area contributed by atoms with Crippen LogP contribution >= 0.6 is 0 Å². The number of carbonyl (C=O) groups excluding carboxylic acids is 1. The smallest absolute Gasteiger partial charge is 0.400 e. The van der Waals surface area contributed by atoms with E-state index < -0.39 is 16.7 Å². The van der Waals surface area contributed by atoms with Gasteiger partial charge in [-0.1, -0.05) is 17.7 Å². The van der Waals surface area contributed by atoms with Crippen molar-refractivity contribution in [2.24, 2.45) is 5.10 Å². The van der Waals surface area contributed by atoms with Gasteiger partial charge in [0.2, 0.25) is 0 Å². The van der Waals surface area contributed by atoms with E-state index in [4.69, 9.17) is 4.42 Å². The maximum absolute atomic E-state index is 12.8. The maximum atomic E-state index is 12.8. The van der Waals surface area contributed by atoms with Crippen LogP contribution in [0.25, 0.3) is 0 Å². The predicted molar refractivity (Wildman–Crippen MR) is 111 cm³/mol. The summed E-state index contributed by atoms with van der Waals surface area (Å²) in [5.74, 6) is -0.216. The molecule has 0 bridgehead atoms. The van der Waals surface area contributed by atoms with Crippen LogP contribution in [0.2, 0.25) is 0 Å². The van der Waals surface area contributed by atoms with Crippen LogP contribution in [0.4, 0.5) is 17.4 Å².